The average molecular weight is 147 g/mol. The molecule has 58 valence electrons. The lowest BCUT2D eigenvalue weighted by molar-refractivity contribution is -0.489. The molecule has 0 aliphatic carbocycles. The van der Waals surface area contributed by atoms with Crippen molar-refractivity contribution < 1.29 is 14.5 Å². The highest BCUT2D eigenvalue weighted by Gasteiger charge is 2.10. The molecule has 0 radical (unpaired) electrons. The van der Waals surface area contributed by atoms with Crippen molar-refractivity contribution in [2.75, 3.05) is 6.54 Å². The van der Waals surface area contributed by atoms with Crippen molar-refractivity contribution in [3.05, 3.63) is 10.1 Å². The second-order valence-electron chi connectivity index (χ2n) is 1.94. The Morgan fingerprint density at radius 1 is 1.80 bits per heavy atom. The fourth-order valence-corrected chi connectivity index (χ4v) is 0.531. The number of hydrogen-bond donors (Lipinski definition) is 0. The number of rotatable bonds is 3. The van der Waals surface area contributed by atoms with Crippen LogP contribution in [-0.4, -0.2) is 23.5 Å². The third-order valence-corrected chi connectivity index (χ3v) is 0.773. The van der Waals surface area contributed by atoms with Crippen LogP contribution in [0, 0.1) is 10.1 Å². The lowest BCUT2D eigenvalue weighted by Crippen LogP contribution is -2.21. The molecule has 0 fully saturated rings. The summed E-state index contributed by atoms with van der Waals surface area (Å²) in [5.41, 5.74) is 0. The molecular weight excluding hydrogens is 138 g/mol. The van der Waals surface area contributed by atoms with Gasteiger partial charge >= 0.3 is 5.97 Å². The molecule has 0 amide bonds. The van der Waals surface area contributed by atoms with Gasteiger partial charge in [-0.2, -0.15) is 0 Å². The van der Waals surface area contributed by atoms with E-state index >= 15 is 0 Å². The van der Waals surface area contributed by atoms with Gasteiger partial charge in [0.05, 0.1) is 0 Å². The van der Waals surface area contributed by atoms with Crippen LogP contribution in [0.2, 0.25) is 0 Å². The molecular formula is C5H9NO4. The van der Waals surface area contributed by atoms with Gasteiger partial charge in [-0.1, -0.05) is 0 Å². The Labute approximate surface area is 58.1 Å². The summed E-state index contributed by atoms with van der Waals surface area (Å²) in [7, 11) is 0. The summed E-state index contributed by atoms with van der Waals surface area (Å²) in [5.74, 6) is -0.491. The summed E-state index contributed by atoms with van der Waals surface area (Å²) < 4.78 is 4.48. The highest BCUT2D eigenvalue weighted by molar-refractivity contribution is 5.66. The summed E-state index contributed by atoms with van der Waals surface area (Å²) in [6, 6.07) is 0. The van der Waals surface area contributed by atoms with E-state index in [9.17, 15) is 14.9 Å². The van der Waals surface area contributed by atoms with Crippen LogP contribution < -0.4 is 0 Å². The predicted octanol–water partition coefficient (Wildman–Crippen LogP) is 0.215. The molecule has 1 unspecified atom stereocenters. The smallest absolute Gasteiger partial charge is 0.303 e. The van der Waals surface area contributed by atoms with Crippen LogP contribution >= 0.6 is 0 Å². The first-order valence-corrected chi connectivity index (χ1v) is 2.81. The van der Waals surface area contributed by atoms with E-state index in [0.717, 1.165) is 0 Å². The molecule has 5 heteroatoms. The fourth-order valence-electron chi connectivity index (χ4n) is 0.531. The Morgan fingerprint density at radius 3 is 2.60 bits per heavy atom. The Bertz CT molecular complexity index is 129. The quantitative estimate of drug-likeness (QED) is 0.325. The third kappa shape index (κ3) is 5.02. The molecule has 5 nitrogen and oxygen atoms in total. The van der Waals surface area contributed by atoms with Gasteiger partial charge in [-0.3, -0.25) is 14.9 Å². The average Bonchev–Trinajstić information content (AvgIpc) is 1.58. The minimum Gasteiger partial charge on any atom is -0.456 e. The summed E-state index contributed by atoms with van der Waals surface area (Å²) in [4.78, 5) is 19.5. The molecule has 0 N–H and O–H groups in total. The first kappa shape index (κ1) is 8.87. The van der Waals surface area contributed by atoms with Gasteiger partial charge < -0.3 is 4.74 Å². The first-order chi connectivity index (χ1) is 4.52. The maximum Gasteiger partial charge on any atom is 0.303 e. The molecule has 0 aromatic heterocycles. The minimum atomic E-state index is -0.632. The van der Waals surface area contributed by atoms with Crippen LogP contribution in [0.15, 0.2) is 0 Å². The van der Waals surface area contributed by atoms with Gasteiger partial charge in [-0.25, -0.2) is 0 Å². The van der Waals surface area contributed by atoms with Crippen LogP contribution in [0.4, 0.5) is 0 Å². The van der Waals surface area contributed by atoms with Crippen LogP contribution in [0.3, 0.4) is 0 Å². The van der Waals surface area contributed by atoms with E-state index in [2.05, 4.69) is 4.74 Å². The predicted molar refractivity (Wildman–Crippen MR) is 33.1 cm³/mol. The number of nitro groups is 1. The van der Waals surface area contributed by atoms with Crippen LogP contribution in [0.25, 0.3) is 0 Å². The second kappa shape index (κ2) is 3.81. The topological polar surface area (TPSA) is 69.4 Å². The van der Waals surface area contributed by atoms with Crippen LogP contribution in [0.1, 0.15) is 13.8 Å². The van der Waals surface area contributed by atoms with Gasteiger partial charge in [0, 0.05) is 11.8 Å². The van der Waals surface area contributed by atoms with Gasteiger partial charge in [0.25, 0.3) is 0 Å². The van der Waals surface area contributed by atoms with E-state index in [-0.39, 0.29) is 6.54 Å². The Kier molecular flexibility index (Phi) is 3.38. The second-order valence-corrected chi connectivity index (χ2v) is 1.94. The number of hydrogen-bond acceptors (Lipinski definition) is 4. The zero-order valence-electron chi connectivity index (χ0n) is 5.86. The molecule has 0 aliphatic heterocycles. The largest absolute Gasteiger partial charge is 0.456 e. The summed E-state index contributed by atoms with van der Waals surface area (Å²) in [6.45, 7) is 2.36. The summed E-state index contributed by atoms with van der Waals surface area (Å²) in [5, 5.41) is 9.81. The standard InChI is InChI=1S/C5H9NO4/c1-4(3-6(8)9)10-5(2)7/h4H,3H2,1-2H3. The maximum absolute atomic E-state index is 10.2. The molecule has 0 aromatic carbocycles. The number of nitrogens with zero attached hydrogens (tertiary/aromatic N) is 1. The number of carbonyl (C=O) groups is 1. The van der Waals surface area contributed by atoms with Crippen molar-refractivity contribution in [2.24, 2.45) is 0 Å². The molecule has 0 aliphatic rings. The molecule has 0 saturated heterocycles. The highest BCUT2D eigenvalue weighted by Crippen LogP contribution is 1.90. The fraction of sp³-hybridized carbons (Fsp3) is 0.800. The lowest BCUT2D eigenvalue weighted by atomic mass is 10.4. The minimum absolute atomic E-state index is 0.334. The van der Waals surface area contributed by atoms with E-state index in [1.807, 2.05) is 0 Å². The normalized spacial score (nSPS) is 12.2. The third-order valence-electron chi connectivity index (χ3n) is 0.773. The van der Waals surface area contributed by atoms with Crippen molar-refractivity contribution in [2.45, 2.75) is 20.0 Å². The van der Waals surface area contributed by atoms with Gasteiger partial charge in [-0.05, 0) is 6.92 Å². The molecule has 0 spiro atoms. The van der Waals surface area contributed by atoms with Crippen molar-refractivity contribution in [3.8, 4) is 0 Å². The maximum atomic E-state index is 10.2. The van der Waals surface area contributed by atoms with E-state index in [1.54, 1.807) is 0 Å². The number of carbonyl (C=O) groups excluding carboxylic acids is 1. The summed E-state index contributed by atoms with van der Waals surface area (Å²) >= 11 is 0. The van der Waals surface area contributed by atoms with Gasteiger partial charge in [-0.15, -0.1) is 0 Å². The van der Waals surface area contributed by atoms with Gasteiger partial charge in [0.2, 0.25) is 6.54 Å². The van der Waals surface area contributed by atoms with E-state index < -0.39 is 17.0 Å². The van der Waals surface area contributed by atoms with E-state index in [4.69, 9.17) is 0 Å². The Balaban J connectivity index is 3.53. The molecule has 0 saturated carbocycles. The van der Waals surface area contributed by atoms with E-state index in [1.165, 1.54) is 13.8 Å². The summed E-state index contributed by atoms with van der Waals surface area (Å²) in [6.07, 6.45) is -0.632. The van der Waals surface area contributed by atoms with E-state index in [0.29, 0.717) is 0 Å². The highest BCUT2D eigenvalue weighted by atomic mass is 16.6. The molecule has 1 atom stereocenters. The van der Waals surface area contributed by atoms with Crippen LogP contribution in [-0.2, 0) is 9.53 Å². The van der Waals surface area contributed by atoms with Crippen molar-refractivity contribution in [1.82, 2.24) is 0 Å². The van der Waals surface area contributed by atoms with Crippen molar-refractivity contribution >= 4 is 5.97 Å². The zero-order chi connectivity index (χ0) is 8.15. The van der Waals surface area contributed by atoms with Crippen LogP contribution in [0.5, 0.6) is 0 Å². The van der Waals surface area contributed by atoms with Gasteiger partial charge in [0.15, 0.2) is 6.10 Å². The van der Waals surface area contributed by atoms with Crippen molar-refractivity contribution in [1.29, 1.82) is 0 Å². The Morgan fingerprint density at radius 2 is 2.30 bits per heavy atom. The SMILES string of the molecule is CC(=O)OC(C)C[N+](=O)[O-]. The lowest BCUT2D eigenvalue weighted by Gasteiger charge is -2.05. The molecule has 10 heavy (non-hydrogen) atoms. The number of esters is 1. The Hall–Kier alpha value is -1.13. The molecule has 0 aromatic rings. The van der Waals surface area contributed by atoms with Gasteiger partial charge in [0.1, 0.15) is 0 Å². The zero-order valence-corrected chi connectivity index (χ0v) is 5.86. The molecule has 0 heterocycles. The van der Waals surface area contributed by atoms with Crippen molar-refractivity contribution in [3.63, 3.8) is 0 Å². The molecule has 0 bridgehead atoms. The number of ether oxygens (including phenoxy) is 1. The monoisotopic (exact) mass is 147 g/mol. The first-order valence-electron chi connectivity index (χ1n) is 2.81. The molecule has 0 rings (SSSR count).